The molecule has 0 unspecified atom stereocenters. The van der Waals surface area contributed by atoms with Gasteiger partial charge in [-0.25, -0.2) is 4.39 Å². The van der Waals surface area contributed by atoms with Crippen molar-refractivity contribution in [3.8, 4) is 11.8 Å². The monoisotopic (exact) mass is 283 g/mol. The summed E-state index contributed by atoms with van der Waals surface area (Å²) >= 11 is 3.45. The van der Waals surface area contributed by atoms with Crippen LogP contribution in [0.25, 0.3) is 0 Å². The van der Waals surface area contributed by atoms with E-state index >= 15 is 0 Å². The third-order valence-electron chi connectivity index (χ3n) is 2.85. The predicted molar refractivity (Wildman–Crippen MR) is 62.1 cm³/mol. The molecule has 0 aliphatic heterocycles. The number of halogens is 2. The Balaban J connectivity index is 2.00. The van der Waals surface area contributed by atoms with E-state index in [1.165, 1.54) is 12.1 Å². The van der Waals surface area contributed by atoms with Crippen molar-refractivity contribution in [2.75, 3.05) is 11.9 Å². The van der Waals surface area contributed by atoms with Crippen LogP contribution in [0.15, 0.2) is 18.2 Å². The Kier molecular flexibility index (Phi) is 3.15. The predicted octanol–water partition coefficient (Wildman–Crippen LogP) is 3.25. The fourth-order valence-corrected chi connectivity index (χ4v) is 2.13. The maximum absolute atomic E-state index is 13.3. The van der Waals surface area contributed by atoms with Crippen molar-refractivity contribution in [2.24, 2.45) is 5.41 Å². The van der Waals surface area contributed by atoms with Gasteiger partial charge < -0.3 is 4.74 Å². The summed E-state index contributed by atoms with van der Waals surface area (Å²) in [4.78, 5) is 0. The number of alkyl halides is 1. The van der Waals surface area contributed by atoms with Crippen LogP contribution in [0.5, 0.6) is 5.75 Å². The van der Waals surface area contributed by atoms with Gasteiger partial charge >= 0.3 is 0 Å². The summed E-state index contributed by atoms with van der Waals surface area (Å²) in [7, 11) is 0. The number of hydrogen-bond donors (Lipinski definition) is 0. The lowest BCUT2D eigenvalue weighted by molar-refractivity contribution is 0.250. The molecule has 16 heavy (non-hydrogen) atoms. The van der Waals surface area contributed by atoms with Crippen molar-refractivity contribution < 1.29 is 9.13 Å². The highest BCUT2D eigenvalue weighted by molar-refractivity contribution is 9.09. The van der Waals surface area contributed by atoms with Gasteiger partial charge in [0.05, 0.1) is 12.2 Å². The molecule has 0 spiro atoms. The van der Waals surface area contributed by atoms with Crippen LogP contribution in [0.4, 0.5) is 4.39 Å². The SMILES string of the molecule is N#Cc1ccc(OCC2(CBr)CC2)cc1F. The molecule has 2 nitrogen and oxygen atoms in total. The first kappa shape index (κ1) is 11.4. The van der Waals surface area contributed by atoms with Gasteiger partial charge in [0, 0.05) is 16.8 Å². The molecule has 0 amide bonds. The first-order chi connectivity index (χ1) is 7.69. The van der Waals surface area contributed by atoms with Gasteiger partial charge in [-0.15, -0.1) is 0 Å². The standard InChI is InChI=1S/C12H11BrFNO/c13-7-12(3-4-12)8-16-10-2-1-9(6-15)11(14)5-10/h1-2,5H,3-4,7-8H2. The van der Waals surface area contributed by atoms with Crippen LogP contribution in [0.2, 0.25) is 0 Å². The average Bonchev–Trinajstić information content (AvgIpc) is 3.07. The van der Waals surface area contributed by atoms with E-state index in [2.05, 4.69) is 15.9 Å². The molecule has 2 rings (SSSR count). The molecule has 0 radical (unpaired) electrons. The minimum Gasteiger partial charge on any atom is -0.493 e. The number of benzene rings is 1. The second-order valence-corrected chi connectivity index (χ2v) is 4.74. The molecule has 1 aliphatic carbocycles. The zero-order valence-electron chi connectivity index (χ0n) is 8.67. The lowest BCUT2D eigenvalue weighted by Gasteiger charge is -2.13. The fourth-order valence-electron chi connectivity index (χ4n) is 1.41. The maximum atomic E-state index is 13.3. The number of nitriles is 1. The summed E-state index contributed by atoms with van der Waals surface area (Å²) < 4.78 is 18.8. The Morgan fingerprint density at radius 3 is 2.75 bits per heavy atom. The summed E-state index contributed by atoms with van der Waals surface area (Å²) in [5.41, 5.74) is 0.290. The average molecular weight is 284 g/mol. The van der Waals surface area contributed by atoms with Gasteiger partial charge in [-0.2, -0.15) is 5.26 Å². The molecule has 1 aromatic carbocycles. The zero-order chi connectivity index (χ0) is 11.6. The highest BCUT2D eigenvalue weighted by Crippen LogP contribution is 2.47. The Hall–Kier alpha value is -1.08. The van der Waals surface area contributed by atoms with E-state index in [0.29, 0.717) is 12.4 Å². The quantitative estimate of drug-likeness (QED) is 0.795. The molecule has 1 aromatic rings. The lowest BCUT2D eigenvalue weighted by atomic mass is 10.2. The molecule has 0 N–H and O–H groups in total. The lowest BCUT2D eigenvalue weighted by Crippen LogP contribution is -2.14. The van der Waals surface area contributed by atoms with Crippen molar-refractivity contribution in [1.82, 2.24) is 0 Å². The highest BCUT2D eigenvalue weighted by Gasteiger charge is 2.42. The van der Waals surface area contributed by atoms with E-state index in [9.17, 15) is 4.39 Å². The molecule has 84 valence electrons. The van der Waals surface area contributed by atoms with Gasteiger partial charge in [0.1, 0.15) is 17.6 Å². The van der Waals surface area contributed by atoms with Crippen LogP contribution < -0.4 is 4.74 Å². The van der Waals surface area contributed by atoms with Crippen LogP contribution >= 0.6 is 15.9 Å². The minimum atomic E-state index is -0.524. The van der Waals surface area contributed by atoms with Crippen molar-refractivity contribution in [1.29, 1.82) is 5.26 Å². The zero-order valence-corrected chi connectivity index (χ0v) is 10.3. The van der Waals surface area contributed by atoms with Crippen molar-refractivity contribution >= 4 is 15.9 Å². The molecule has 1 aliphatic rings. The molecule has 0 aromatic heterocycles. The number of nitrogens with zero attached hydrogens (tertiary/aromatic N) is 1. The first-order valence-corrected chi connectivity index (χ1v) is 6.20. The van der Waals surface area contributed by atoms with Crippen LogP contribution in [0, 0.1) is 22.6 Å². The van der Waals surface area contributed by atoms with Crippen molar-refractivity contribution in [3.63, 3.8) is 0 Å². The van der Waals surface area contributed by atoms with Gasteiger partial charge in [0.15, 0.2) is 0 Å². The highest BCUT2D eigenvalue weighted by atomic mass is 79.9. The Labute approximate surface area is 102 Å². The number of hydrogen-bond acceptors (Lipinski definition) is 2. The van der Waals surface area contributed by atoms with E-state index < -0.39 is 5.82 Å². The normalized spacial score (nSPS) is 16.6. The summed E-state index contributed by atoms with van der Waals surface area (Å²) in [6.45, 7) is 0.601. The van der Waals surface area contributed by atoms with Gasteiger partial charge in [-0.3, -0.25) is 0 Å². The molecule has 4 heteroatoms. The maximum Gasteiger partial charge on any atom is 0.144 e. The molecule has 0 bridgehead atoms. The van der Waals surface area contributed by atoms with Gasteiger partial charge in [-0.05, 0) is 25.0 Å². The van der Waals surface area contributed by atoms with E-state index in [1.54, 1.807) is 12.1 Å². The van der Waals surface area contributed by atoms with E-state index in [-0.39, 0.29) is 11.0 Å². The summed E-state index contributed by atoms with van der Waals surface area (Å²) in [5, 5.41) is 9.49. The largest absolute Gasteiger partial charge is 0.493 e. The topological polar surface area (TPSA) is 33.0 Å². The summed E-state index contributed by atoms with van der Waals surface area (Å²) in [6.07, 6.45) is 2.30. The van der Waals surface area contributed by atoms with Crippen molar-refractivity contribution in [2.45, 2.75) is 12.8 Å². The van der Waals surface area contributed by atoms with E-state index in [0.717, 1.165) is 18.2 Å². The second-order valence-electron chi connectivity index (χ2n) is 4.18. The molecule has 0 atom stereocenters. The van der Waals surface area contributed by atoms with Crippen molar-refractivity contribution in [3.05, 3.63) is 29.6 Å². The molecule has 1 saturated carbocycles. The van der Waals surface area contributed by atoms with Crippen LogP contribution in [-0.2, 0) is 0 Å². The molecular weight excluding hydrogens is 273 g/mol. The molecule has 1 fully saturated rings. The van der Waals surface area contributed by atoms with E-state index in [4.69, 9.17) is 10.00 Å². The Bertz CT molecular complexity index is 437. The van der Waals surface area contributed by atoms with Crippen LogP contribution in [0.1, 0.15) is 18.4 Å². The van der Waals surface area contributed by atoms with Gasteiger partial charge in [0.2, 0.25) is 0 Å². The summed E-state index contributed by atoms with van der Waals surface area (Å²) in [6, 6.07) is 6.12. The van der Waals surface area contributed by atoms with Gasteiger partial charge in [-0.1, -0.05) is 15.9 Å². The third-order valence-corrected chi connectivity index (χ3v) is 4.04. The number of ether oxygens (including phenoxy) is 1. The minimum absolute atomic E-state index is 0.0500. The second kappa shape index (κ2) is 4.42. The first-order valence-electron chi connectivity index (χ1n) is 5.07. The Morgan fingerprint density at radius 2 is 2.25 bits per heavy atom. The van der Waals surface area contributed by atoms with Crippen LogP contribution in [-0.4, -0.2) is 11.9 Å². The van der Waals surface area contributed by atoms with Gasteiger partial charge in [0.25, 0.3) is 0 Å². The third kappa shape index (κ3) is 2.35. The molecule has 0 saturated heterocycles. The number of rotatable bonds is 4. The molecular formula is C12H11BrFNO. The van der Waals surface area contributed by atoms with Crippen LogP contribution in [0.3, 0.4) is 0 Å². The molecule has 0 heterocycles. The summed E-state index contributed by atoms with van der Waals surface area (Å²) in [5.74, 6) is -0.0348. The van der Waals surface area contributed by atoms with E-state index in [1.807, 2.05) is 0 Å². The smallest absolute Gasteiger partial charge is 0.144 e. The Morgan fingerprint density at radius 1 is 1.50 bits per heavy atom. The fraction of sp³-hybridized carbons (Fsp3) is 0.417.